The van der Waals surface area contributed by atoms with Gasteiger partial charge < -0.3 is 4.74 Å². The minimum absolute atomic E-state index is 0.414. The van der Waals surface area contributed by atoms with Crippen LogP contribution in [0.2, 0.25) is 5.02 Å². The first-order valence-electron chi connectivity index (χ1n) is 8.16. The van der Waals surface area contributed by atoms with Gasteiger partial charge in [-0.3, -0.25) is 9.38 Å². The van der Waals surface area contributed by atoms with Gasteiger partial charge in [0.05, 0.1) is 40.7 Å². The predicted octanol–water partition coefficient (Wildman–Crippen LogP) is 4.30. The average Bonchev–Trinajstić information content (AvgIpc) is 3.19. The van der Waals surface area contributed by atoms with Crippen LogP contribution in [-0.4, -0.2) is 26.5 Å². The van der Waals surface area contributed by atoms with Crippen LogP contribution in [0, 0.1) is 18.3 Å². The van der Waals surface area contributed by atoms with E-state index in [9.17, 15) is 0 Å². The topological polar surface area (TPSA) is 76.1 Å². The number of nitrogens with zero attached hydrogens (tertiary/aromatic N) is 5. The van der Waals surface area contributed by atoms with Crippen molar-refractivity contribution in [2.24, 2.45) is 0 Å². The van der Waals surface area contributed by atoms with Crippen molar-refractivity contribution in [3.05, 3.63) is 65.2 Å². The van der Waals surface area contributed by atoms with E-state index in [1.807, 2.05) is 25.1 Å². The molecule has 0 aliphatic rings. The molecule has 4 rings (SSSR count). The quantitative estimate of drug-likeness (QED) is 0.533. The highest BCUT2D eigenvalue weighted by Gasteiger charge is 2.19. The zero-order chi connectivity index (χ0) is 19.0. The van der Waals surface area contributed by atoms with Crippen LogP contribution in [0.25, 0.3) is 28.0 Å². The number of methoxy groups -OCH3 is 1. The zero-order valence-electron chi connectivity index (χ0n) is 14.6. The summed E-state index contributed by atoms with van der Waals surface area (Å²) in [5.41, 5.74) is 5.12. The molecule has 0 N–H and O–H groups in total. The summed E-state index contributed by atoms with van der Waals surface area (Å²) in [7, 11) is 1.56. The van der Waals surface area contributed by atoms with Crippen molar-refractivity contribution in [2.75, 3.05) is 7.11 Å². The predicted molar refractivity (Wildman–Crippen MR) is 103 cm³/mol. The van der Waals surface area contributed by atoms with Gasteiger partial charge in [0.1, 0.15) is 0 Å². The summed E-state index contributed by atoms with van der Waals surface area (Å²) < 4.78 is 7.22. The van der Waals surface area contributed by atoms with Crippen LogP contribution in [0.3, 0.4) is 0 Å². The number of ether oxygens (including phenoxy) is 1. The highest BCUT2D eigenvalue weighted by molar-refractivity contribution is 6.31. The molecule has 0 saturated heterocycles. The molecule has 0 fully saturated rings. The van der Waals surface area contributed by atoms with Gasteiger partial charge in [0, 0.05) is 29.7 Å². The number of imidazole rings is 1. The third-order valence-corrected chi connectivity index (χ3v) is 4.68. The molecule has 0 saturated carbocycles. The molecule has 3 aromatic heterocycles. The van der Waals surface area contributed by atoms with Crippen molar-refractivity contribution in [3.8, 4) is 34.5 Å². The Hall–Kier alpha value is -3.43. The molecule has 0 amide bonds. The number of benzene rings is 1. The van der Waals surface area contributed by atoms with E-state index in [0.717, 1.165) is 22.4 Å². The Labute approximate surface area is 160 Å². The molecule has 6 nitrogen and oxygen atoms in total. The van der Waals surface area contributed by atoms with Gasteiger partial charge in [0.25, 0.3) is 0 Å². The fraction of sp³-hybridized carbons (Fsp3) is 0.100. The van der Waals surface area contributed by atoms with Crippen LogP contribution in [-0.2, 0) is 0 Å². The minimum atomic E-state index is 0.414. The summed E-state index contributed by atoms with van der Waals surface area (Å²) >= 11 is 6.31. The normalized spacial score (nSPS) is 10.7. The highest BCUT2D eigenvalue weighted by Crippen LogP contribution is 2.36. The van der Waals surface area contributed by atoms with Crippen LogP contribution < -0.4 is 4.74 Å². The van der Waals surface area contributed by atoms with Crippen LogP contribution in [0.1, 0.15) is 11.3 Å². The van der Waals surface area contributed by atoms with Crippen LogP contribution >= 0.6 is 11.6 Å². The Bertz CT molecular complexity index is 1190. The van der Waals surface area contributed by atoms with Crippen molar-refractivity contribution >= 4 is 17.2 Å². The second-order valence-electron chi connectivity index (χ2n) is 5.92. The lowest BCUT2D eigenvalue weighted by Gasteiger charge is -2.14. The number of aryl methyl sites for hydroxylation is 1. The molecule has 0 bridgehead atoms. The van der Waals surface area contributed by atoms with Crippen molar-refractivity contribution in [1.29, 1.82) is 5.26 Å². The number of fused-ring (bicyclic) bond motifs is 1. The maximum Gasteiger partial charge on any atom is 0.302 e. The zero-order valence-corrected chi connectivity index (χ0v) is 15.4. The first kappa shape index (κ1) is 17.0. The Morgan fingerprint density at radius 2 is 1.93 bits per heavy atom. The summed E-state index contributed by atoms with van der Waals surface area (Å²) in [6, 6.07) is 11.6. The van der Waals surface area contributed by atoms with E-state index >= 15 is 0 Å². The van der Waals surface area contributed by atoms with Gasteiger partial charge in [-0.05, 0) is 25.1 Å². The summed E-state index contributed by atoms with van der Waals surface area (Å²) in [5.74, 6) is 0. The third kappa shape index (κ3) is 2.88. The standard InChI is InChI=1S/C20H14ClN5O/c1-12-16(21)9-15(11-24-12)17-18(14-5-3-13(10-22)4-6-14)25-20(27-2)26-8-7-23-19(17)26/h3-9,11H,1-2H3. The van der Waals surface area contributed by atoms with E-state index < -0.39 is 0 Å². The number of nitriles is 1. The van der Waals surface area contributed by atoms with Crippen LogP contribution in [0.4, 0.5) is 0 Å². The molecule has 3 heterocycles. The lowest BCUT2D eigenvalue weighted by atomic mass is 10.0. The average molecular weight is 376 g/mol. The molecule has 4 aromatic rings. The Balaban J connectivity index is 2.06. The van der Waals surface area contributed by atoms with Crippen molar-refractivity contribution < 1.29 is 4.74 Å². The molecule has 0 aliphatic carbocycles. The van der Waals surface area contributed by atoms with Gasteiger partial charge in [0.2, 0.25) is 0 Å². The summed E-state index contributed by atoms with van der Waals surface area (Å²) in [5, 5.41) is 9.63. The monoisotopic (exact) mass is 375 g/mol. The van der Waals surface area contributed by atoms with Crippen molar-refractivity contribution in [2.45, 2.75) is 6.92 Å². The largest absolute Gasteiger partial charge is 0.468 e. The maximum atomic E-state index is 9.06. The second-order valence-corrected chi connectivity index (χ2v) is 6.33. The Morgan fingerprint density at radius 1 is 1.15 bits per heavy atom. The lowest BCUT2D eigenvalue weighted by molar-refractivity contribution is 0.375. The number of rotatable bonds is 3. The summed E-state index contributed by atoms with van der Waals surface area (Å²) in [4.78, 5) is 13.6. The molecule has 0 atom stereocenters. The van der Waals surface area contributed by atoms with E-state index in [2.05, 4.69) is 16.0 Å². The van der Waals surface area contributed by atoms with Crippen LogP contribution in [0.5, 0.6) is 6.01 Å². The molecule has 0 spiro atoms. The van der Waals surface area contributed by atoms with Gasteiger partial charge in [-0.25, -0.2) is 4.98 Å². The van der Waals surface area contributed by atoms with Gasteiger partial charge in [-0.2, -0.15) is 10.2 Å². The van der Waals surface area contributed by atoms with E-state index in [4.69, 9.17) is 26.6 Å². The second kappa shape index (κ2) is 6.71. The molecule has 0 unspecified atom stereocenters. The molecule has 1 aromatic carbocycles. The molecule has 7 heteroatoms. The van der Waals surface area contributed by atoms with E-state index in [0.29, 0.717) is 27.9 Å². The first-order valence-corrected chi connectivity index (χ1v) is 8.54. The maximum absolute atomic E-state index is 9.06. The molecule has 27 heavy (non-hydrogen) atoms. The third-order valence-electron chi connectivity index (χ3n) is 4.30. The SMILES string of the molecule is COc1nc(-c2ccc(C#N)cc2)c(-c2cnc(C)c(Cl)c2)c2nccn12. The Kier molecular flexibility index (Phi) is 4.22. The number of halogens is 1. The van der Waals surface area contributed by atoms with Gasteiger partial charge in [-0.15, -0.1) is 0 Å². The Morgan fingerprint density at radius 3 is 2.59 bits per heavy atom. The molecule has 0 aliphatic heterocycles. The highest BCUT2D eigenvalue weighted by atomic mass is 35.5. The fourth-order valence-corrected chi connectivity index (χ4v) is 3.08. The van der Waals surface area contributed by atoms with Crippen LogP contribution in [0.15, 0.2) is 48.9 Å². The fourth-order valence-electron chi connectivity index (χ4n) is 2.92. The van der Waals surface area contributed by atoms with Gasteiger partial charge >= 0.3 is 6.01 Å². The molecule has 0 radical (unpaired) electrons. The number of hydrogen-bond acceptors (Lipinski definition) is 5. The van der Waals surface area contributed by atoms with Crippen molar-refractivity contribution in [1.82, 2.24) is 19.4 Å². The van der Waals surface area contributed by atoms with Crippen molar-refractivity contribution in [3.63, 3.8) is 0 Å². The number of aromatic nitrogens is 4. The smallest absolute Gasteiger partial charge is 0.302 e. The first-order chi connectivity index (χ1) is 13.1. The van der Waals surface area contributed by atoms with Gasteiger partial charge in [0.15, 0.2) is 5.65 Å². The molecular weight excluding hydrogens is 362 g/mol. The number of pyridine rings is 1. The lowest BCUT2D eigenvalue weighted by Crippen LogP contribution is -2.02. The summed E-state index contributed by atoms with van der Waals surface area (Å²) in [6.45, 7) is 1.85. The van der Waals surface area contributed by atoms with Gasteiger partial charge in [-0.1, -0.05) is 23.7 Å². The number of hydrogen-bond donors (Lipinski definition) is 0. The van der Waals surface area contributed by atoms with E-state index in [-0.39, 0.29) is 0 Å². The van der Waals surface area contributed by atoms with E-state index in [1.165, 1.54) is 0 Å². The molecular formula is C20H14ClN5O. The molecule has 132 valence electrons. The summed E-state index contributed by atoms with van der Waals surface area (Å²) in [6.07, 6.45) is 5.23. The van der Waals surface area contributed by atoms with E-state index in [1.54, 1.807) is 42.2 Å². The minimum Gasteiger partial charge on any atom is -0.468 e.